The Balaban J connectivity index is 1.73. The number of aromatic amines is 1. The summed E-state index contributed by atoms with van der Waals surface area (Å²) in [4.78, 5) is 25.8. The standard InChI is InChI=1S/C14H14BrFN2O5S/c15-11-2-1-7(24-11)6-22-9-3-12(23-10(9)5-19)18-4-8(16)13(20)17-14(18)21/h1-2,4,9-10,12,19H,3,5-6H2,(H,17,20,21)/t9-,10+,12+/m0/s1. The number of hydrogen-bond donors (Lipinski definition) is 2. The zero-order chi connectivity index (χ0) is 17.3. The molecule has 0 radical (unpaired) electrons. The Morgan fingerprint density at radius 2 is 2.29 bits per heavy atom. The first-order valence-corrected chi connectivity index (χ1v) is 8.72. The minimum atomic E-state index is -1.08. The second kappa shape index (κ2) is 7.28. The van der Waals surface area contributed by atoms with Crippen molar-refractivity contribution in [2.75, 3.05) is 6.61 Å². The van der Waals surface area contributed by atoms with Crippen molar-refractivity contribution in [1.29, 1.82) is 0 Å². The zero-order valence-electron chi connectivity index (χ0n) is 12.3. The molecule has 1 aliphatic rings. The number of ether oxygens (including phenoxy) is 2. The molecule has 130 valence electrons. The van der Waals surface area contributed by atoms with Crippen molar-refractivity contribution < 1.29 is 19.0 Å². The Labute approximate surface area is 147 Å². The lowest BCUT2D eigenvalue weighted by Crippen LogP contribution is -2.34. The molecule has 0 saturated carbocycles. The number of aliphatic hydroxyl groups excluding tert-OH is 1. The summed E-state index contributed by atoms with van der Waals surface area (Å²) in [7, 11) is 0. The van der Waals surface area contributed by atoms with Crippen LogP contribution in [0.25, 0.3) is 0 Å². The van der Waals surface area contributed by atoms with Crippen LogP contribution in [0, 0.1) is 5.82 Å². The van der Waals surface area contributed by atoms with Crippen LogP contribution in [0.1, 0.15) is 17.5 Å². The molecule has 0 amide bonds. The summed E-state index contributed by atoms with van der Waals surface area (Å²) in [6.07, 6.45) is -0.855. The van der Waals surface area contributed by atoms with Crippen LogP contribution in [-0.4, -0.2) is 33.5 Å². The van der Waals surface area contributed by atoms with Gasteiger partial charge in [-0.25, -0.2) is 4.79 Å². The lowest BCUT2D eigenvalue weighted by molar-refractivity contribution is -0.0656. The highest BCUT2D eigenvalue weighted by Crippen LogP contribution is 2.31. The van der Waals surface area contributed by atoms with Crippen molar-refractivity contribution in [2.45, 2.75) is 31.5 Å². The molecule has 3 rings (SSSR count). The third kappa shape index (κ3) is 3.67. The summed E-state index contributed by atoms with van der Waals surface area (Å²) < 4.78 is 26.7. The summed E-state index contributed by atoms with van der Waals surface area (Å²) in [5, 5.41) is 9.44. The molecule has 0 aromatic carbocycles. The third-order valence-electron chi connectivity index (χ3n) is 3.66. The molecule has 3 atom stereocenters. The predicted octanol–water partition coefficient (Wildman–Crippen LogP) is 1.36. The molecule has 7 nitrogen and oxygen atoms in total. The van der Waals surface area contributed by atoms with Crippen LogP contribution < -0.4 is 11.2 Å². The van der Waals surface area contributed by atoms with Crippen molar-refractivity contribution in [3.63, 3.8) is 0 Å². The second-order valence-electron chi connectivity index (χ2n) is 5.25. The summed E-state index contributed by atoms with van der Waals surface area (Å²) in [6.45, 7) is 0.0400. The van der Waals surface area contributed by atoms with Gasteiger partial charge in [-0.3, -0.25) is 14.3 Å². The summed E-state index contributed by atoms with van der Waals surface area (Å²) in [5.74, 6) is -1.08. The quantitative estimate of drug-likeness (QED) is 0.761. The molecule has 3 heterocycles. The molecule has 0 unspecified atom stereocenters. The molecule has 0 bridgehead atoms. The number of aliphatic hydroxyl groups is 1. The van der Waals surface area contributed by atoms with Gasteiger partial charge in [0.05, 0.1) is 29.3 Å². The van der Waals surface area contributed by atoms with Crippen LogP contribution in [0.4, 0.5) is 4.39 Å². The van der Waals surface area contributed by atoms with E-state index in [0.29, 0.717) is 6.61 Å². The van der Waals surface area contributed by atoms with Gasteiger partial charge >= 0.3 is 5.69 Å². The molecule has 2 aromatic rings. The smallest absolute Gasteiger partial charge is 0.330 e. The first-order chi connectivity index (χ1) is 11.5. The minimum Gasteiger partial charge on any atom is -0.394 e. The summed E-state index contributed by atoms with van der Waals surface area (Å²) in [6, 6.07) is 3.82. The number of nitrogens with zero attached hydrogens (tertiary/aromatic N) is 1. The fourth-order valence-corrected chi connectivity index (χ4v) is 3.91. The number of H-pyrrole nitrogens is 1. The molecule has 1 aliphatic heterocycles. The fourth-order valence-electron chi connectivity index (χ4n) is 2.50. The van der Waals surface area contributed by atoms with Crippen molar-refractivity contribution in [1.82, 2.24) is 9.55 Å². The molecule has 1 fully saturated rings. The number of aromatic nitrogens is 2. The minimum absolute atomic E-state index is 0.253. The molecule has 2 aromatic heterocycles. The fraction of sp³-hybridized carbons (Fsp3) is 0.429. The van der Waals surface area contributed by atoms with Crippen LogP contribution in [0.3, 0.4) is 0 Å². The van der Waals surface area contributed by atoms with E-state index in [-0.39, 0.29) is 13.0 Å². The van der Waals surface area contributed by atoms with E-state index >= 15 is 0 Å². The SMILES string of the molecule is O=c1[nH]c(=O)n([C@H]2C[C@H](OCc3ccc(Br)s3)[C@@H](CO)O2)cc1F. The molecule has 0 aliphatic carbocycles. The van der Waals surface area contributed by atoms with E-state index in [1.807, 2.05) is 17.1 Å². The largest absolute Gasteiger partial charge is 0.394 e. The van der Waals surface area contributed by atoms with Gasteiger partial charge in [-0.1, -0.05) is 0 Å². The highest BCUT2D eigenvalue weighted by molar-refractivity contribution is 9.11. The lowest BCUT2D eigenvalue weighted by atomic mass is 10.2. The third-order valence-corrected chi connectivity index (χ3v) is 5.26. The van der Waals surface area contributed by atoms with Gasteiger partial charge in [-0.2, -0.15) is 4.39 Å². The molecular formula is C14H14BrFN2O5S. The van der Waals surface area contributed by atoms with Crippen LogP contribution in [0.2, 0.25) is 0 Å². The zero-order valence-corrected chi connectivity index (χ0v) is 14.7. The Kier molecular flexibility index (Phi) is 5.30. The second-order valence-corrected chi connectivity index (χ2v) is 7.79. The van der Waals surface area contributed by atoms with Crippen LogP contribution in [0.5, 0.6) is 0 Å². The number of hydrogen-bond acceptors (Lipinski definition) is 6. The Morgan fingerprint density at radius 3 is 2.96 bits per heavy atom. The van der Waals surface area contributed by atoms with Crippen LogP contribution in [-0.2, 0) is 16.1 Å². The number of halogens is 2. The maximum Gasteiger partial charge on any atom is 0.330 e. The molecule has 2 N–H and O–H groups in total. The maximum absolute atomic E-state index is 13.4. The van der Waals surface area contributed by atoms with Crippen molar-refractivity contribution in [3.05, 3.63) is 53.6 Å². The number of thiophene rings is 1. The van der Waals surface area contributed by atoms with E-state index in [1.165, 1.54) is 11.3 Å². The van der Waals surface area contributed by atoms with E-state index in [0.717, 1.165) is 19.4 Å². The lowest BCUT2D eigenvalue weighted by Gasteiger charge is -2.16. The molecule has 24 heavy (non-hydrogen) atoms. The Morgan fingerprint density at radius 1 is 1.50 bits per heavy atom. The number of rotatable bonds is 5. The highest BCUT2D eigenvalue weighted by atomic mass is 79.9. The van der Waals surface area contributed by atoms with Crippen LogP contribution in [0.15, 0.2) is 31.7 Å². The van der Waals surface area contributed by atoms with E-state index in [9.17, 15) is 19.1 Å². The van der Waals surface area contributed by atoms with Crippen LogP contribution >= 0.6 is 27.3 Å². The van der Waals surface area contributed by atoms with Gasteiger partial charge in [-0.05, 0) is 28.1 Å². The van der Waals surface area contributed by atoms with Gasteiger partial charge in [0.1, 0.15) is 12.3 Å². The highest BCUT2D eigenvalue weighted by Gasteiger charge is 2.37. The average molecular weight is 421 g/mol. The summed E-state index contributed by atoms with van der Waals surface area (Å²) >= 11 is 4.89. The van der Waals surface area contributed by atoms with E-state index < -0.39 is 35.5 Å². The number of nitrogens with one attached hydrogen (secondary N) is 1. The maximum atomic E-state index is 13.4. The Bertz CT molecular complexity index is 835. The predicted molar refractivity (Wildman–Crippen MR) is 87.5 cm³/mol. The van der Waals surface area contributed by atoms with Gasteiger partial charge in [0.2, 0.25) is 5.82 Å². The monoisotopic (exact) mass is 420 g/mol. The van der Waals surface area contributed by atoms with Gasteiger partial charge in [0.25, 0.3) is 5.56 Å². The molecular weight excluding hydrogens is 407 g/mol. The normalized spacial score (nSPS) is 23.7. The van der Waals surface area contributed by atoms with Gasteiger partial charge in [0, 0.05) is 11.3 Å². The molecule has 1 saturated heterocycles. The van der Waals surface area contributed by atoms with E-state index in [2.05, 4.69) is 15.9 Å². The first kappa shape index (κ1) is 17.5. The van der Waals surface area contributed by atoms with E-state index in [1.54, 1.807) is 0 Å². The topological polar surface area (TPSA) is 93.6 Å². The first-order valence-electron chi connectivity index (χ1n) is 7.11. The van der Waals surface area contributed by atoms with E-state index in [4.69, 9.17) is 9.47 Å². The van der Waals surface area contributed by atoms with Crippen molar-refractivity contribution >= 4 is 27.3 Å². The summed E-state index contributed by atoms with van der Waals surface area (Å²) in [5.41, 5.74) is -1.85. The van der Waals surface area contributed by atoms with Crippen molar-refractivity contribution in [3.8, 4) is 0 Å². The van der Waals surface area contributed by atoms with Gasteiger partial charge in [0.15, 0.2) is 0 Å². The molecule has 0 spiro atoms. The molecule has 10 heteroatoms. The van der Waals surface area contributed by atoms with Gasteiger partial charge in [-0.15, -0.1) is 11.3 Å². The Hall–Kier alpha value is -1.33. The van der Waals surface area contributed by atoms with Gasteiger partial charge < -0.3 is 14.6 Å². The average Bonchev–Trinajstić information content (AvgIpc) is 3.14. The van der Waals surface area contributed by atoms with Crippen molar-refractivity contribution in [2.24, 2.45) is 0 Å².